The summed E-state index contributed by atoms with van der Waals surface area (Å²) >= 11 is 13.4. The Morgan fingerprint density at radius 2 is 1.88 bits per heavy atom. The molecule has 0 saturated carbocycles. The molecule has 0 amide bonds. The van der Waals surface area contributed by atoms with Crippen LogP contribution in [0, 0.1) is 0 Å². The molecule has 2 rings (SSSR count). The molecule has 0 spiro atoms. The average Bonchev–Trinajstić information content (AvgIpc) is 2.65. The molecule has 140 valence electrons. The molecule has 0 heterocycles. The zero-order valence-corrected chi connectivity index (χ0v) is 17.3. The number of benzene rings is 2. The quantitative estimate of drug-likeness (QED) is 0.449. The van der Waals surface area contributed by atoms with E-state index in [2.05, 4.69) is 16.7 Å². The molecule has 0 radical (unpaired) electrons. The summed E-state index contributed by atoms with van der Waals surface area (Å²) in [5.74, 6) is 3.31. The molecule has 0 bridgehead atoms. The number of ether oxygens (including phenoxy) is 2. The lowest BCUT2D eigenvalue weighted by Gasteiger charge is -2.13. The SMILES string of the molecule is COc1ccc(NC(=S)NCCCSCc2ccccc2Cl)cc1OC. The fourth-order valence-corrected chi connectivity index (χ4v) is 3.73. The Bertz CT molecular complexity index is 728. The molecule has 7 heteroatoms. The van der Waals surface area contributed by atoms with E-state index in [9.17, 15) is 0 Å². The number of hydrogen-bond acceptors (Lipinski definition) is 4. The molecule has 0 atom stereocenters. The van der Waals surface area contributed by atoms with E-state index < -0.39 is 0 Å². The third kappa shape index (κ3) is 6.59. The van der Waals surface area contributed by atoms with Gasteiger partial charge in [-0.2, -0.15) is 11.8 Å². The van der Waals surface area contributed by atoms with Gasteiger partial charge in [0, 0.05) is 29.1 Å². The van der Waals surface area contributed by atoms with Crippen LogP contribution in [0.25, 0.3) is 0 Å². The Hall–Kier alpha value is -1.63. The Kier molecular flexibility index (Phi) is 8.88. The first kappa shape index (κ1) is 20.7. The first-order chi connectivity index (χ1) is 12.6. The second-order valence-electron chi connectivity index (χ2n) is 5.45. The number of hydrogen-bond donors (Lipinski definition) is 2. The highest BCUT2D eigenvalue weighted by Gasteiger charge is 2.05. The van der Waals surface area contributed by atoms with Crippen molar-refractivity contribution in [3.05, 3.63) is 53.1 Å². The predicted octanol–water partition coefficient (Wildman–Crippen LogP) is 4.97. The number of thioether (sulfide) groups is 1. The highest BCUT2D eigenvalue weighted by atomic mass is 35.5. The van der Waals surface area contributed by atoms with Gasteiger partial charge >= 0.3 is 0 Å². The monoisotopic (exact) mass is 410 g/mol. The van der Waals surface area contributed by atoms with Crippen molar-refractivity contribution in [1.82, 2.24) is 5.32 Å². The van der Waals surface area contributed by atoms with Gasteiger partial charge in [0.1, 0.15) is 0 Å². The van der Waals surface area contributed by atoms with Crippen LogP contribution in [0.15, 0.2) is 42.5 Å². The summed E-state index contributed by atoms with van der Waals surface area (Å²) in [5.41, 5.74) is 2.03. The fraction of sp³-hybridized carbons (Fsp3) is 0.316. The van der Waals surface area contributed by atoms with Gasteiger partial charge in [-0.25, -0.2) is 0 Å². The Morgan fingerprint density at radius 3 is 2.62 bits per heavy atom. The first-order valence-electron chi connectivity index (χ1n) is 8.22. The van der Waals surface area contributed by atoms with Gasteiger partial charge in [0.05, 0.1) is 14.2 Å². The van der Waals surface area contributed by atoms with E-state index in [1.807, 2.05) is 48.2 Å². The minimum absolute atomic E-state index is 0.591. The van der Waals surface area contributed by atoms with E-state index in [4.69, 9.17) is 33.3 Å². The Labute approximate surface area is 169 Å². The molecule has 0 fully saturated rings. The summed E-state index contributed by atoms with van der Waals surface area (Å²) in [6.07, 6.45) is 1.02. The lowest BCUT2D eigenvalue weighted by Crippen LogP contribution is -2.29. The number of nitrogens with one attached hydrogen (secondary N) is 2. The zero-order valence-electron chi connectivity index (χ0n) is 14.9. The van der Waals surface area contributed by atoms with E-state index in [0.29, 0.717) is 16.6 Å². The van der Waals surface area contributed by atoms with Crippen LogP contribution in [0.3, 0.4) is 0 Å². The van der Waals surface area contributed by atoms with Crippen LogP contribution in [0.5, 0.6) is 11.5 Å². The maximum atomic E-state index is 6.16. The second-order valence-corrected chi connectivity index (χ2v) is 7.37. The van der Waals surface area contributed by atoms with Crippen LogP contribution < -0.4 is 20.1 Å². The second kappa shape index (κ2) is 11.2. The lowest BCUT2D eigenvalue weighted by molar-refractivity contribution is 0.355. The van der Waals surface area contributed by atoms with Crippen LogP contribution >= 0.6 is 35.6 Å². The highest BCUT2D eigenvalue weighted by Crippen LogP contribution is 2.29. The number of rotatable bonds is 9. The van der Waals surface area contributed by atoms with E-state index in [-0.39, 0.29) is 0 Å². The van der Waals surface area contributed by atoms with Gasteiger partial charge in [-0.05, 0) is 48.2 Å². The molecule has 2 N–H and O–H groups in total. The molecule has 0 saturated heterocycles. The van der Waals surface area contributed by atoms with Gasteiger partial charge in [-0.1, -0.05) is 29.8 Å². The minimum atomic E-state index is 0.591. The summed E-state index contributed by atoms with van der Waals surface area (Å²) in [4.78, 5) is 0. The van der Waals surface area contributed by atoms with E-state index in [0.717, 1.165) is 35.2 Å². The van der Waals surface area contributed by atoms with Crippen molar-refractivity contribution in [2.75, 3.05) is 31.8 Å². The zero-order chi connectivity index (χ0) is 18.8. The number of thiocarbonyl (C=S) groups is 1. The van der Waals surface area contributed by atoms with Crippen molar-refractivity contribution in [2.24, 2.45) is 0 Å². The first-order valence-corrected chi connectivity index (χ1v) is 10.2. The van der Waals surface area contributed by atoms with E-state index >= 15 is 0 Å². The Morgan fingerprint density at radius 1 is 1.12 bits per heavy atom. The minimum Gasteiger partial charge on any atom is -0.493 e. The molecule has 0 unspecified atom stereocenters. The summed E-state index contributed by atoms with van der Waals surface area (Å²) in [6, 6.07) is 13.6. The highest BCUT2D eigenvalue weighted by molar-refractivity contribution is 7.98. The van der Waals surface area contributed by atoms with Crippen molar-refractivity contribution in [3.8, 4) is 11.5 Å². The van der Waals surface area contributed by atoms with Crippen LogP contribution in [0.4, 0.5) is 5.69 Å². The average molecular weight is 411 g/mol. The molecule has 0 aromatic heterocycles. The maximum absolute atomic E-state index is 6.16. The third-order valence-electron chi connectivity index (χ3n) is 3.61. The summed E-state index contributed by atoms with van der Waals surface area (Å²) in [6.45, 7) is 0.814. The van der Waals surface area contributed by atoms with Gasteiger partial charge in [0.25, 0.3) is 0 Å². The van der Waals surface area contributed by atoms with Gasteiger partial charge in [-0.15, -0.1) is 0 Å². The van der Waals surface area contributed by atoms with Crippen molar-refractivity contribution in [1.29, 1.82) is 0 Å². The van der Waals surface area contributed by atoms with Crippen molar-refractivity contribution in [2.45, 2.75) is 12.2 Å². The van der Waals surface area contributed by atoms with E-state index in [1.54, 1.807) is 14.2 Å². The van der Waals surface area contributed by atoms with Crippen LogP contribution in [0.2, 0.25) is 5.02 Å². The van der Waals surface area contributed by atoms with Crippen molar-refractivity contribution >= 4 is 46.4 Å². The Balaban J connectivity index is 1.65. The molecule has 0 aliphatic rings. The summed E-state index contributed by atoms with van der Waals surface area (Å²) in [5, 5.41) is 7.79. The molecule has 2 aromatic rings. The molecule has 0 aliphatic carbocycles. The number of halogens is 1. The van der Waals surface area contributed by atoms with Gasteiger partial charge in [-0.3, -0.25) is 0 Å². The summed E-state index contributed by atoms with van der Waals surface area (Å²) < 4.78 is 10.5. The van der Waals surface area contributed by atoms with Crippen LogP contribution in [0.1, 0.15) is 12.0 Å². The maximum Gasteiger partial charge on any atom is 0.170 e. The third-order valence-corrected chi connectivity index (χ3v) is 5.32. The molecule has 4 nitrogen and oxygen atoms in total. The largest absolute Gasteiger partial charge is 0.493 e. The molecular formula is C19H23ClN2O2S2. The predicted molar refractivity (Wildman–Crippen MR) is 116 cm³/mol. The van der Waals surface area contributed by atoms with Gasteiger partial charge in [0.2, 0.25) is 0 Å². The van der Waals surface area contributed by atoms with Crippen molar-refractivity contribution < 1.29 is 9.47 Å². The lowest BCUT2D eigenvalue weighted by atomic mass is 10.2. The normalized spacial score (nSPS) is 10.3. The molecule has 26 heavy (non-hydrogen) atoms. The number of anilines is 1. The smallest absolute Gasteiger partial charge is 0.170 e. The van der Waals surface area contributed by atoms with Crippen molar-refractivity contribution in [3.63, 3.8) is 0 Å². The standard InChI is InChI=1S/C19H23ClN2O2S2/c1-23-17-9-8-15(12-18(17)24-2)22-19(25)21-10-5-11-26-13-14-6-3-4-7-16(14)20/h3-4,6-9,12H,5,10-11,13H2,1-2H3,(H2,21,22,25). The molecule has 2 aromatic carbocycles. The molecule has 0 aliphatic heterocycles. The molecular weight excluding hydrogens is 388 g/mol. The number of methoxy groups -OCH3 is 2. The summed E-state index contributed by atoms with van der Waals surface area (Å²) in [7, 11) is 3.22. The topological polar surface area (TPSA) is 42.5 Å². The van der Waals surface area contributed by atoms with Crippen LogP contribution in [-0.4, -0.2) is 31.6 Å². The van der Waals surface area contributed by atoms with E-state index in [1.165, 1.54) is 5.56 Å². The fourth-order valence-electron chi connectivity index (χ4n) is 2.26. The van der Waals surface area contributed by atoms with Gasteiger partial charge in [0.15, 0.2) is 16.6 Å². The van der Waals surface area contributed by atoms with Gasteiger partial charge < -0.3 is 20.1 Å². The van der Waals surface area contributed by atoms with Crippen LogP contribution in [-0.2, 0) is 5.75 Å².